The molecule has 3 nitrogen and oxygen atoms in total. The zero-order chi connectivity index (χ0) is 18.3. The van der Waals surface area contributed by atoms with Crippen molar-refractivity contribution in [1.82, 2.24) is 0 Å². The van der Waals surface area contributed by atoms with Crippen molar-refractivity contribution in [3.05, 3.63) is 101 Å². The molecule has 3 heteroatoms. The monoisotopic (exact) mass is 355 g/mol. The number of aryl methyl sites for hydroxylation is 1. The van der Waals surface area contributed by atoms with Crippen LogP contribution in [0.15, 0.2) is 83.9 Å². The van der Waals surface area contributed by atoms with Crippen molar-refractivity contribution in [3.63, 3.8) is 0 Å². The lowest BCUT2D eigenvalue weighted by molar-refractivity contribution is -0.191. The lowest BCUT2D eigenvalue weighted by atomic mass is 9.65. The van der Waals surface area contributed by atoms with E-state index in [1.54, 1.807) is 0 Å². The van der Waals surface area contributed by atoms with Gasteiger partial charge >= 0.3 is 0 Å². The summed E-state index contributed by atoms with van der Waals surface area (Å²) >= 11 is 0. The first-order valence-electron chi connectivity index (χ1n) is 9.32. The molecule has 0 saturated carbocycles. The minimum absolute atomic E-state index is 0.558. The largest absolute Gasteiger partial charge is 0.342 e. The van der Waals surface area contributed by atoms with Gasteiger partial charge in [0, 0.05) is 11.8 Å². The van der Waals surface area contributed by atoms with Gasteiger partial charge in [-0.15, -0.1) is 0 Å². The Balaban J connectivity index is 1.89. The molecule has 1 spiro atoms. The standard InChI is InChI=1S/C24H21NO2/c1-18-9-8-14-21-22(18)25-17-23(19-10-4-2-5-11-19,20-12-6-3-7-13-20)24(21)26-15-16-27-24/h2-14,17H,15-16H2,1H3. The van der Waals surface area contributed by atoms with Crippen LogP contribution in [0.4, 0.5) is 5.69 Å². The van der Waals surface area contributed by atoms with Crippen molar-refractivity contribution < 1.29 is 9.47 Å². The van der Waals surface area contributed by atoms with Crippen molar-refractivity contribution >= 4 is 11.9 Å². The molecule has 3 aromatic carbocycles. The fourth-order valence-corrected chi connectivity index (χ4v) is 4.45. The van der Waals surface area contributed by atoms with Crippen LogP contribution >= 0.6 is 0 Å². The lowest BCUT2D eigenvalue weighted by Crippen LogP contribution is -2.53. The number of rotatable bonds is 2. The number of fused-ring (bicyclic) bond motifs is 2. The SMILES string of the molecule is Cc1cccc2c1N=CC(c1ccccc1)(c1ccccc1)C21OCCO1. The molecule has 0 atom stereocenters. The summed E-state index contributed by atoms with van der Waals surface area (Å²) in [4.78, 5) is 4.93. The second-order valence-corrected chi connectivity index (χ2v) is 7.08. The Hall–Kier alpha value is -2.75. The van der Waals surface area contributed by atoms with E-state index in [-0.39, 0.29) is 0 Å². The molecule has 1 fully saturated rings. The lowest BCUT2D eigenvalue weighted by Gasteiger charge is -2.47. The van der Waals surface area contributed by atoms with Gasteiger partial charge in [-0.3, -0.25) is 4.99 Å². The van der Waals surface area contributed by atoms with Crippen LogP contribution in [0.2, 0.25) is 0 Å². The fraction of sp³-hybridized carbons (Fsp3) is 0.208. The van der Waals surface area contributed by atoms with Crippen molar-refractivity contribution in [2.24, 2.45) is 4.99 Å². The molecular formula is C24H21NO2. The smallest absolute Gasteiger partial charge is 0.216 e. The van der Waals surface area contributed by atoms with E-state index < -0.39 is 11.2 Å². The van der Waals surface area contributed by atoms with Gasteiger partial charge in [0.05, 0.1) is 18.9 Å². The Morgan fingerprint density at radius 2 is 1.33 bits per heavy atom. The normalized spacial score (nSPS) is 19.1. The predicted octanol–water partition coefficient (Wildman–Crippen LogP) is 4.90. The molecule has 0 radical (unpaired) electrons. The summed E-state index contributed by atoms with van der Waals surface area (Å²) in [6.07, 6.45) is 2.03. The van der Waals surface area contributed by atoms with Crippen molar-refractivity contribution in [2.45, 2.75) is 18.1 Å². The van der Waals surface area contributed by atoms with E-state index in [0.717, 1.165) is 27.9 Å². The summed E-state index contributed by atoms with van der Waals surface area (Å²) < 4.78 is 12.9. The molecule has 0 aromatic heterocycles. The molecular weight excluding hydrogens is 334 g/mol. The zero-order valence-corrected chi connectivity index (χ0v) is 15.3. The highest BCUT2D eigenvalue weighted by Gasteiger charge is 2.61. The zero-order valence-electron chi connectivity index (χ0n) is 15.3. The molecule has 3 aromatic rings. The quantitative estimate of drug-likeness (QED) is 0.655. The average Bonchev–Trinajstić information content (AvgIpc) is 3.21. The Kier molecular flexibility index (Phi) is 3.74. The molecule has 2 aliphatic rings. The minimum Gasteiger partial charge on any atom is -0.342 e. The summed E-state index contributed by atoms with van der Waals surface area (Å²) in [5.41, 5.74) is 4.62. The Morgan fingerprint density at radius 3 is 1.93 bits per heavy atom. The third kappa shape index (κ3) is 2.19. The van der Waals surface area contributed by atoms with Gasteiger partial charge in [0.2, 0.25) is 5.79 Å². The summed E-state index contributed by atoms with van der Waals surface area (Å²) in [5, 5.41) is 0. The fourth-order valence-electron chi connectivity index (χ4n) is 4.45. The molecule has 2 aliphatic heterocycles. The highest BCUT2D eigenvalue weighted by atomic mass is 16.7. The first kappa shape index (κ1) is 16.4. The molecule has 5 rings (SSSR count). The Bertz CT molecular complexity index is 950. The molecule has 0 aliphatic carbocycles. The maximum atomic E-state index is 6.47. The highest BCUT2D eigenvalue weighted by molar-refractivity contribution is 5.88. The van der Waals surface area contributed by atoms with Crippen LogP contribution in [0.5, 0.6) is 0 Å². The van der Waals surface area contributed by atoms with Gasteiger partial charge in [-0.05, 0) is 23.6 Å². The van der Waals surface area contributed by atoms with Crippen LogP contribution in [-0.4, -0.2) is 19.4 Å². The number of para-hydroxylation sites is 1. The summed E-state index contributed by atoms with van der Waals surface area (Å²) in [6.45, 7) is 3.20. The van der Waals surface area contributed by atoms with Crippen LogP contribution in [0.25, 0.3) is 0 Å². The highest BCUT2D eigenvalue weighted by Crippen LogP contribution is 2.56. The van der Waals surface area contributed by atoms with Gasteiger partial charge in [0.1, 0.15) is 5.41 Å². The molecule has 27 heavy (non-hydrogen) atoms. The first-order chi connectivity index (χ1) is 13.3. The Morgan fingerprint density at radius 1 is 0.741 bits per heavy atom. The number of hydrogen-bond donors (Lipinski definition) is 0. The predicted molar refractivity (Wildman–Crippen MR) is 107 cm³/mol. The molecule has 0 amide bonds. The van der Waals surface area contributed by atoms with Crippen molar-refractivity contribution in [1.29, 1.82) is 0 Å². The van der Waals surface area contributed by atoms with Crippen LogP contribution < -0.4 is 0 Å². The van der Waals surface area contributed by atoms with Gasteiger partial charge in [-0.25, -0.2) is 0 Å². The summed E-state index contributed by atoms with van der Waals surface area (Å²) in [5.74, 6) is -0.932. The number of nitrogens with zero attached hydrogens (tertiary/aromatic N) is 1. The number of ether oxygens (including phenoxy) is 2. The van der Waals surface area contributed by atoms with Gasteiger partial charge in [-0.2, -0.15) is 0 Å². The van der Waals surface area contributed by atoms with E-state index in [4.69, 9.17) is 14.5 Å². The number of benzene rings is 3. The average molecular weight is 355 g/mol. The molecule has 0 bridgehead atoms. The topological polar surface area (TPSA) is 30.8 Å². The molecule has 2 heterocycles. The van der Waals surface area contributed by atoms with Gasteiger partial charge in [0.15, 0.2) is 0 Å². The summed E-state index contributed by atoms with van der Waals surface area (Å²) in [6, 6.07) is 27.0. The molecule has 1 saturated heterocycles. The second-order valence-electron chi connectivity index (χ2n) is 7.08. The number of aliphatic imine (C=N–C) groups is 1. The number of hydrogen-bond acceptors (Lipinski definition) is 3. The van der Waals surface area contributed by atoms with E-state index in [2.05, 4.69) is 73.7 Å². The van der Waals surface area contributed by atoms with Crippen LogP contribution in [0.3, 0.4) is 0 Å². The van der Waals surface area contributed by atoms with Crippen LogP contribution in [-0.2, 0) is 20.7 Å². The maximum Gasteiger partial charge on any atom is 0.216 e. The van der Waals surface area contributed by atoms with E-state index in [1.165, 1.54) is 0 Å². The molecule has 0 N–H and O–H groups in total. The van der Waals surface area contributed by atoms with E-state index in [1.807, 2.05) is 18.3 Å². The molecule has 134 valence electrons. The van der Waals surface area contributed by atoms with E-state index >= 15 is 0 Å². The molecule has 0 unspecified atom stereocenters. The third-order valence-electron chi connectivity index (χ3n) is 5.65. The van der Waals surface area contributed by atoms with Crippen molar-refractivity contribution in [3.8, 4) is 0 Å². The Labute approximate surface area is 159 Å². The maximum absolute atomic E-state index is 6.47. The van der Waals surface area contributed by atoms with Crippen LogP contribution in [0.1, 0.15) is 22.3 Å². The van der Waals surface area contributed by atoms with Gasteiger partial charge in [0.25, 0.3) is 0 Å². The van der Waals surface area contributed by atoms with Crippen molar-refractivity contribution in [2.75, 3.05) is 13.2 Å². The van der Waals surface area contributed by atoms with Gasteiger partial charge < -0.3 is 9.47 Å². The van der Waals surface area contributed by atoms with E-state index in [9.17, 15) is 0 Å². The third-order valence-corrected chi connectivity index (χ3v) is 5.65. The van der Waals surface area contributed by atoms with Gasteiger partial charge in [-0.1, -0.05) is 78.9 Å². The minimum atomic E-state index is -0.932. The first-order valence-corrected chi connectivity index (χ1v) is 9.32. The van der Waals surface area contributed by atoms with E-state index in [0.29, 0.717) is 13.2 Å². The summed E-state index contributed by atoms with van der Waals surface area (Å²) in [7, 11) is 0. The second kappa shape index (κ2) is 6.15. The van der Waals surface area contributed by atoms with Crippen LogP contribution in [0, 0.1) is 6.92 Å².